The molecule has 1 aliphatic carbocycles. The van der Waals surface area contributed by atoms with Crippen LogP contribution in [0, 0.1) is 0 Å². The molecule has 0 aromatic rings. The van der Waals surface area contributed by atoms with E-state index in [4.69, 9.17) is 5.21 Å². The van der Waals surface area contributed by atoms with Crippen LogP contribution in [0.1, 0.15) is 39.0 Å². The van der Waals surface area contributed by atoms with Gasteiger partial charge in [-0.3, -0.25) is 0 Å². The predicted molar refractivity (Wildman–Crippen MR) is 46.1 cm³/mol. The maximum atomic E-state index is 8.41. The smallest absolute Gasteiger partial charge is 0.0764 e. The highest BCUT2D eigenvalue weighted by Gasteiger charge is 2.04. The molecule has 0 radical (unpaired) electrons. The van der Waals surface area contributed by atoms with Crippen molar-refractivity contribution < 1.29 is 5.21 Å². The van der Waals surface area contributed by atoms with Crippen LogP contribution in [-0.2, 0) is 0 Å². The van der Waals surface area contributed by atoms with E-state index in [1.54, 1.807) is 0 Å². The van der Waals surface area contributed by atoms with Crippen molar-refractivity contribution in [3.63, 3.8) is 0 Å². The van der Waals surface area contributed by atoms with Crippen LogP contribution in [-0.4, -0.2) is 10.9 Å². The molecule has 1 saturated carbocycles. The van der Waals surface area contributed by atoms with Gasteiger partial charge in [-0.15, -0.1) is 0 Å². The summed E-state index contributed by atoms with van der Waals surface area (Å²) in [5, 5.41) is 11.5. The Balaban J connectivity index is 2.50. The molecule has 0 saturated heterocycles. The van der Waals surface area contributed by atoms with Gasteiger partial charge >= 0.3 is 0 Å². The molecule has 1 rings (SSSR count). The van der Waals surface area contributed by atoms with E-state index in [1.165, 1.54) is 37.7 Å². The Labute approximate surface area is 67.6 Å². The molecule has 1 fully saturated rings. The molecule has 1 aliphatic rings. The highest BCUT2D eigenvalue weighted by atomic mass is 16.4. The fraction of sp³-hybridized carbons (Fsp3) is 0.667. The SMILES string of the molecule is C/C(C=C1CCCCC1)=N\O. The van der Waals surface area contributed by atoms with E-state index in [0.29, 0.717) is 0 Å². The minimum Gasteiger partial charge on any atom is -0.411 e. The number of nitrogens with zero attached hydrogens (tertiary/aromatic N) is 1. The molecule has 0 spiro atoms. The standard InChI is InChI=1S/C9H15NO/c1-8(10-11)7-9-5-3-2-4-6-9/h7,11H,2-6H2,1H3/b10-8+. The molecule has 0 unspecified atom stereocenters. The molecule has 0 heterocycles. The normalized spacial score (nSPS) is 20.1. The number of rotatable bonds is 1. The summed E-state index contributed by atoms with van der Waals surface area (Å²) in [5.74, 6) is 0. The first-order valence-corrected chi connectivity index (χ1v) is 4.21. The second-order valence-electron chi connectivity index (χ2n) is 3.10. The predicted octanol–water partition coefficient (Wildman–Crippen LogP) is 2.73. The second-order valence-corrected chi connectivity index (χ2v) is 3.10. The summed E-state index contributed by atoms with van der Waals surface area (Å²) < 4.78 is 0. The van der Waals surface area contributed by atoms with Crippen molar-refractivity contribution in [2.75, 3.05) is 0 Å². The van der Waals surface area contributed by atoms with E-state index in [9.17, 15) is 0 Å². The first-order valence-electron chi connectivity index (χ1n) is 4.21. The zero-order chi connectivity index (χ0) is 8.10. The van der Waals surface area contributed by atoms with Gasteiger partial charge in [0.2, 0.25) is 0 Å². The first kappa shape index (κ1) is 8.31. The third-order valence-electron chi connectivity index (χ3n) is 2.07. The van der Waals surface area contributed by atoms with Crippen molar-refractivity contribution in [3.8, 4) is 0 Å². The molecule has 0 aromatic heterocycles. The van der Waals surface area contributed by atoms with Crippen molar-refractivity contribution in [3.05, 3.63) is 11.6 Å². The van der Waals surface area contributed by atoms with Crippen LogP contribution in [0.25, 0.3) is 0 Å². The van der Waals surface area contributed by atoms with E-state index >= 15 is 0 Å². The minimum absolute atomic E-state index is 0.724. The summed E-state index contributed by atoms with van der Waals surface area (Å²) in [4.78, 5) is 0. The Morgan fingerprint density at radius 3 is 2.55 bits per heavy atom. The summed E-state index contributed by atoms with van der Waals surface area (Å²) in [6.07, 6.45) is 8.32. The fourth-order valence-electron chi connectivity index (χ4n) is 1.47. The number of hydrogen-bond donors (Lipinski definition) is 1. The van der Waals surface area contributed by atoms with Crippen molar-refractivity contribution in [1.82, 2.24) is 0 Å². The summed E-state index contributed by atoms with van der Waals surface area (Å²) >= 11 is 0. The van der Waals surface area contributed by atoms with Crippen molar-refractivity contribution >= 4 is 5.71 Å². The number of oxime groups is 1. The van der Waals surface area contributed by atoms with Crippen LogP contribution >= 0.6 is 0 Å². The van der Waals surface area contributed by atoms with Crippen LogP contribution in [0.3, 0.4) is 0 Å². The Morgan fingerprint density at radius 1 is 1.36 bits per heavy atom. The minimum atomic E-state index is 0.724. The molecule has 0 aliphatic heterocycles. The van der Waals surface area contributed by atoms with E-state index < -0.39 is 0 Å². The van der Waals surface area contributed by atoms with Gasteiger partial charge in [-0.1, -0.05) is 17.1 Å². The van der Waals surface area contributed by atoms with Gasteiger partial charge in [0.05, 0.1) is 5.71 Å². The van der Waals surface area contributed by atoms with E-state index in [2.05, 4.69) is 5.16 Å². The summed E-state index contributed by atoms with van der Waals surface area (Å²) in [5.41, 5.74) is 2.16. The lowest BCUT2D eigenvalue weighted by Crippen LogP contribution is -1.96. The maximum absolute atomic E-state index is 8.41. The molecule has 11 heavy (non-hydrogen) atoms. The van der Waals surface area contributed by atoms with Crippen LogP contribution in [0.15, 0.2) is 16.8 Å². The molecule has 2 heteroatoms. The maximum Gasteiger partial charge on any atom is 0.0764 e. The fourth-order valence-corrected chi connectivity index (χ4v) is 1.47. The van der Waals surface area contributed by atoms with E-state index in [1.807, 2.05) is 13.0 Å². The van der Waals surface area contributed by atoms with Crippen molar-refractivity contribution in [2.24, 2.45) is 5.16 Å². The Morgan fingerprint density at radius 2 is 2.00 bits per heavy atom. The third-order valence-corrected chi connectivity index (χ3v) is 2.07. The highest BCUT2D eigenvalue weighted by molar-refractivity contribution is 5.92. The zero-order valence-corrected chi connectivity index (χ0v) is 7.01. The van der Waals surface area contributed by atoms with Gasteiger partial charge in [0.15, 0.2) is 0 Å². The second kappa shape index (κ2) is 4.16. The van der Waals surface area contributed by atoms with E-state index in [-0.39, 0.29) is 0 Å². The van der Waals surface area contributed by atoms with E-state index in [0.717, 1.165) is 5.71 Å². The summed E-state index contributed by atoms with van der Waals surface area (Å²) in [6.45, 7) is 1.82. The zero-order valence-electron chi connectivity index (χ0n) is 7.01. The van der Waals surface area contributed by atoms with Gasteiger partial charge in [0.1, 0.15) is 0 Å². The summed E-state index contributed by atoms with van der Waals surface area (Å²) in [7, 11) is 0. The van der Waals surface area contributed by atoms with Crippen LogP contribution in [0.4, 0.5) is 0 Å². The molecule has 0 atom stereocenters. The monoisotopic (exact) mass is 153 g/mol. The van der Waals surface area contributed by atoms with Crippen LogP contribution < -0.4 is 0 Å². The largest absolute Gasteiger partial charge is 0.411 e. The van der Waals surface area contributed by atoms with Gasteiger partial charge in [0, 0.05) is 0 Å². The molecule has 1 N–H and O–H groups in total. The van der Waals surface area contributed by atoms with Crippen molar-refractivity contribution in [2.45, 2.75) is 39.0 Å². The molecule has 2 nitrogen and oxygen atoms in total. The van der Waals surface area contributed by atoms with Gasteiger partial charge in [0.25, 0.3) is 0 Å². The number of hydrogen-bond acceptors (Lipinski definition) is 2. The number of allylic oxidation sites excluding steroid dienone is 2. The molecular formula is C9H15NO. The van der Waals surface area contributed by atoms with Crippen molar-refractivity contribution in [1.29, 1.82) is 0 Å². The summed E-state index contributed by atoms with van der Waals surface area (Å²) in [6, 6.07) is 0. The molecule has 0 aromatic carbocycles. The lowest BCUT2D eigenvalue weighted by molar-refractivity contribution is 0.319. The Hall–Kier alpha value is -0.790. The van der Waals surface area contributed by atoms with Gasteiger partial charge in [-0.25, -0.2) is 0 Å². The lowest BCUT2D eigenvalue weighted by atomic mass is 9.94. The Bertz CT molecular complexity index is 174. The van der Waals surface area contributed by atoms with Gasteiger partial charge in [-0.05, 0) is 38.7 Å². The van der Waals surface area contributed by atoms with Gasteiger partial charge in [-0.2, -0.15) is 0 Å². The average molecular weight is 153 g/mol. The molecule has 62 valence electrons. The third kappa shape index (κ3) is 2.74. The van der Waals surface area contributed by atoms with Crippen LogP contribution in [0.5, 0.6) is 0 Å². The van der Waals surface area contributed by atoms with Gasteiger partial charge < -0.3 is 5.21 Å². The first-order chi connectivity index (χ1) is 5.33. The lowest BCUT2D eigenvalue weighted by Gasteiger charge is -2.12. The quantitative estimate of drug-likeness (QED) is 0.350. The van der Waals surface area contributed by atoms with Crippen LogP contribution in [0.2, 0.25) is 0 Å². The molecular weight excluding hydrogens is 138 g/mol. The Kier molecular flexibility index (Phi) is 3.14. The molecule has 0 amide bonds. The topological polar surface area (TPSA) is 32.6 Å². The average Bonchev–Trinajstić information content (AvgIpc) is 2.06. The molecule has 0 bridgehead atoms. The highest BCUT2D eigenvalue weighted by Crippen LogP contribution is 2.22.